The van der Waals surface area contributed by atoms with Crippen molar-refractivity contribution < 1.29 is 18.4 Å². The first kappa shape index (κ1) is 17.0. The summed E-state index contributed by atoms with van der Waals surface area (Å²) in [6.07, 6.45) is 0. The van der Waals surface area contributed by atoms with Gasteiger partial charge in [0.05, 0.1) is 11.4 Å². The van der Waals surface area contributed by atoms with Crippen LogP contribution in [0, 0.1) is 11.6 Å². The second-order valence-electron chi connectivity index (χ2n) is 4.67. The Hall–Kier alpha value is -2.41. The smallest absolute Gasteiger partial charge is 0.234 e. The average molecular weight is 336 g/mol. The van der Waals surface area contributed by atoms with Crippen molar-refractivity contribution in [2.24, 2.45) is 0 Å². The quantitative estimate of drug-likeness (QED) is 0.820. The molecule has 120 valence electrons. The van der Waals surface area contributed by atoms with Crippen LogP contribution in [-0.4, -0.2) is 17.6 Å². The Morgan fingerprint density at radius 3 is 2.35 bits per heavy atom. The zero-order valence-corrected chi connectivity index (χ0v) is 13.0. The Kier molecular flexibility index (Phi) is 5.70. The summed E-state index contributed by atoms with van der Waals surface area (Å²) in [5, 5.41) is 5.03. The highest BCUT2D eigenvalue weighted by atomic mass is 32.2. The number of amides is 2. The normalized spacial score (nSPS) is 10.2. The fraction of sp³-hybridized carbons (Fsp3) is 0.125. The largest absolute Gasteiger partial charge is 0.326 e. The van der Waals surface area contributed by atoms with Crippen molar-refractivity contribution in [3.8, 4) is 0 Å². The fourth-order valence-electron chi connectivity index (χ4n) is 1.76. The topological polar surface area (TPSA) is 58.2 Å². The molecule has 4 nitrogen and oxygen atoms in total. The number of carbonyl (C=O) groups excluding carboxylic acids is 2. The van der Waals surface area contributed by atoms with Gasteiger partial charge in [0.2, 0.25) is 11.8 Å². The first-order valence-corrected chi connectivity index (χ1v) is 7.68. The Morgan fingerprint density at radius 1 is 1.04 bits per heavy atom. The lowest BCUT2D eigenvalue weighted by Gasteiger charge is -2.07. The SMILES string of the molecule is CC(=O)Nc1ccc(SCC(=O)Nc2ccc(F)cc2F)cc1. The number of carbonyl (C=O) groups is 2. The van der Waals surface area contributed by atoms with E-state index in [2.05, 4.69) is 10.6 Å². The Bertz CT molecular complexity index is 721. The summed E-state index contributed by atoms with van der Waals surface area (Å²) in [4.78, 5) is 23.5. The van der Waals surface area contributed by atoms with Crippen molar-refractivity contribution in [2.45, 2.75) is 11.8 Å². The maximum absolute atomic E-state index is 13.4. The lowest BCUT2D eigenvalue weighted by molar-refractivity contribution is -0.114. The molecule has 0 saturated heterocycles. The number of hydrogen-bond acceptors (Lipinski definition) is 3. The summed E-state index contributed by atoms with van der Waals surface area (Å²) < 4.78 is 26.2. The third-order valence-electron chi connectivity index (χ3n) is 2.75. The van der Waals surface area contributed by atoms with Gasteiger partial charge in [-0.2, -0.15) is 0 Å². The van der Waals surface area contributed by atoms with Crippen LogP contribution in [-0.2, 0) is 9.59 Å². The molecule has 2 aromatic carbocycles. The Balaban J connectivity index is 1.87. The molecule has 0 heterocycles. The van der Waals surface area contributed by atoms with E-state index in [1.54, 1.807) is 24.3 Å². The fourth-order valence-corrected chi connectivity index (χ4v) is 2.46. The first-order chi connectivity index (χ1) is 10.9. The van der Waals surface area contributed by atoms with Crippen LogP contribution in [0.3, 0.4) is 0 Å². The standard InChI is InChI=1S/C16H14F2N2O2S/c1-10(21)19-12-3-5-13(6-4-12)23-9-16(22)20-15-7-2-11(17)8-14(15)18/h2-8H,9H2,1H3,(H,19,21)(H,20,22). The molecule has 0 fully saturated rings. The van der Waals surface area contributed by atoms with Crippen LogP contribution in [0.4, 0.5) is 20.2 Å². The van der Waals surface area contributed by atoms with E-state index in [4.69, 9.17) is 0 Å². The summed E-state index contributed by atoms with van der Waals surface area (Å²) in [5.74, 6) is -1.99. The van der Waals surface area contributed by atoms with Crippen molar-refractivity contribution in [3.05, 3.63) is 54.1 Å². The van der Waals surface area contributed by atoms with Crippen molar-refractivity contribution in [1.29, 1.82) is 0 Å². The Morgan fingerprint density at radius 2 is 1.74 bits per heavy atom. The number of hydrogen-bond donors (Lipinski definition) is 2. The first-order valence-electron chi connectivity index (χ1n) is 6.69. The van der Waals surface area contributed by atoms with E-state index in [-0.39, 0.29) is 17.3 Å². The zero-order chi connectivity index (χ0) is 16.8. The van der Waals surface area contributed by atoms with Crippen LogP contribution < -0.4 is 10.6 Å². The highest BCUT2D eigenvalue weighted by Gasteiger charge is 2.08. The molecule has 2 N–H and O–H groups in total. The van der Waals surface area contributed by atoms with Gasteiger partial charge in [-0.25, -0.2) is 8.78 Å². The molecule has 0 bridgehead atoms. The van der Waals surface area contributed by atoms with Gasteiger partial charge in [0.1, 0.15) is 11.6 Å². The van der Waals surface area contributed by atoms with Gasteiger partial charge in [-0.1, -0.05) is 0 Å². The van der Waals surface area contributed by atoms with Gasteiger partial charge in [0.25, 0.3) is 0 Å². The zero-order valence-electron chi connectivity index (χ0n) is 12.2. The minimum atomic E-state index is -0.817. The van der Waals surface area contributed by atoms with Gasteiger partial charge in [0, 0.05) is 23.6 Å². The van der Waals surface area contributed by atoms with Crippen LogP contribution in [0.5, 0.6) is 0 Å². The van der Waals surface area contributed by atoms with E-state index in [0.717, 1.165) is 11.0 Å². The predicted octanol–water partition coefficient (Wildman–Crippen LogP) is 3.65. The van der Waals surface area contributed by atoms with E-state index in [1.807, 2.05) is 0 Å². The molecule has 0 aliphatic heterocycles. The molecular formula is C16H14F2N2O2S. The van der Waals surface area contributed by atoms with E-state index in [1.165, 1.54) is 24.8 Å². The summed E-state index contributed by atoms with van der Waals surface area (Å²) in [7, 11) is 0. The molecule has 0 spiro atoms. The predicted molar refractivity (Wildman–Crippen MR) is 86.5 cm³/mol. The molecule has 0 aliphatic rings. The van der Waals surface area contributed by atoms with Gasteiger partial charge in [-0.15, -0.1) is 11.8 Å². The monoisotopic (exact) mass is 336 g/mol. The second-order valence-corrected chi connectivity index (χ2v) is 5.72. The van der Waals surface area contributed by atoms with Gasteiger partial charge >= 0.3 is 0 Å². The summed E-state index contributed by atoms with van der Waals surface area (Å²) in [6.45, 7) is 1.42. The minimum absolute atomic E-state index is 0.0574. The summed E-state index contributed by atoms with van der Waals surface area (Å²) >= 11 is 1.26. The molecule has 0 radical (unpaired) electrons. The van der Waals surface area contributed by atoms with Crippen LogP contribution in [0.25, 0.3) is 0 Å². The van der Waals surface area contributed by atoms with Crippen molar-refractivity contribution in [3.63, 3.8) is 0 Å². The van der Waals surface area contributed by atoms with Gasteiger partial charge in [-0.3, -0.25) is 9.59 Å². The molecule has 0 aromatic heterocycles. The molecule has 0 unspecified atom stereocenters. The number of thioether (sulfide) groups is 1. The molecular weight excluding hydrogens is 322 g/mol. The lowest BCUT2D eigenvalue weighted by atomic mass is 10.3. The van der Waals surface area contributed by atoms with Crippen LogP contribution in [0.1, 0.15) is 6.92 Å². The highest BCUT2D eigenvalue weighted by molar-refractivity contribution is 8.00. The molecule has 23 heavy (non-hydrogen) atoms. The van der Waals surface area contributed by atoms with E-state index in [0.29, 0.717) is 11.8 Å². The molecule has 0 aliphatic carbocycles. The van der Waals surface area contributed by atoms with E-state index < -0.39 is 17.5 Å². The van der Waals surface area contributed by atoms with E-state index >= 15 is 0 Å². The van der Waals surface area contributed by atoms with Crippen LogP contribution in [0.2, 0.25) is 0 Å². The maximum Gasteiger partial charge on any atom is 0.234 e. The molecule has 2 aromatic rings. The number of benzene rings is 2. The number of halogens is 2. The molecule has 2 amide bonds. The molecule has 0 atom stereocenters. The van der Waals surface area contributed by atoms with E-state index in [9.17, 15) is 18.4 Å². The third kappa shape index (κ3) is 5.37. The van der Waals surface area contributed by atoms with Gasteiger partial charge < -0.3 is 10.6 Å². The summed E-state index contributed by atoms with van der Waals surface area (Å²) in [5.41, 5.74) is 0.609. The van der Waals surface area contributed by atoms with Gasteiger partial charge in [-0.05, 0) is 36.4 Å². The van der Waals surface area contributed by atoms with Crippen LogP contribution in [0.15, 0.2) is 47.4 Å². The third-order valence-corrected chi connectivity index (χ3v) is 3.76. The lowest BCUT2D eigenvalue weighted by Crippen LogP contribution is -2.15. The highest BCUT2D eigenvalue weighted by Crippen LogP contribution is 2.21. The van der Waals surface area contributed by atoms with Crippen molar-refractivity contribution in [1.82, 2.24) is 0 Å². The van der Waals surface area contributed by atoms with Crippen molar-refractivity contribution >= 4 is 35.0 Å². The molecule has 0 saturated carbocycles. The van der Waals surface area contributed by atoms with Crippen LogP contribution >= 0.6 is 11.8 Å². The number of nitrogens with one attached hydrogen (secondary N) is 2. The minimum Gasteiger partial charge on any atom is -0.326 e. The molecule has 2 rings (SSSR count). The van der Waals surface area contributed by atoms with Gasteiger partial charge in [0.15, 0.2) is 0 Å². The second kappa shape index (κ2) is 7.73. The maximum atomic E-state index is 13.4. The van der Waals surface area contributed by atoms with Crippen molar-refractivity contribution in [2.75, 3.05) is 16.4 Å². The average Bonchev–Trinajstić information content (AvgIpc) is 2.49. The molecule has 7 heteroatoms. The summed E-state index contributed by atoms with van der Waals surface area (Å²) in [6, 6.07) is 9.94. The number of rotatable bonds is 5. The Labute approximate surface area is 136 Å². The number of anilines is 2.